The van der Waals surface area contributed by atoms with E-state index in [2.05, 4.69) is 32.9 Å². The molecule has 0 aliphatic carbocycles. The van der Waals surface area contributed by atoms with Crippen LogP contribution in [0.4, 0.5) is 0 Å². The van der Waals surface area contributed by atoms with Crippen LogP contribution in [0.15, 0.2) is 36.9 Å². The Balaban J connectivity index is 1.51. The normalized spacial score (nSPS) is 17.4. The molecule has 1 atom stereocenters. The fourth-order valence-corrected chi connectivity index (χ4v) is 3.49. The molecule has 6 nitrogen and oxygen atoms in total. The summed E-state index contributed by atoms with van der Waals surface area (Å²) in [5.41, 5.74) is 0. The summed E-state index contributed by atoms with van der Waals surface area (Å²) in [6.45, 7) is 9.66. The maximum Gasteiger partial charge on any atom is 0.224 e. The quantitative estimate of drug-likeness (QED) is 0.809. The number of aryl methyl sites for hydroxylation is 1. The molecule has 1 aliphatic rings. The van der Waals surface area contributed by atoms with Gasteiger partial charge in [-0.25, -0.2) is 4.98 Å². The van der Waals surface area contributed by atoms with E-state index in [1.165, 1.54) is 0 Å². The average molecular weight is 343 g/mol. The lowest BCUT2D eigenvalue weighted by molar-refractivity contribution is -0.131. The van der Waals surface area contributed by atoms with Crippen LogP contribution in [-0.2, 0) is 17.9 Å². The molecule has 25 heavy (non-hydrogen) atoms. The largest absolute Gasteiger partial charge is 0.351 e. The highest BCUT2D eigenvalue weighted by Gasteiger charge is 2.21. The molecular weight excluding hydrogens is 314 g/mol. The number of hydrogen-bond acceptors (Lipinski definition) is 3. The fraction of sp³-hybridized carbons (Fsp3) is 0.579. The van der Waals surface area contributed by atoms with Gasteiger partial charge in [0.25, 0.3) is 0 Å². The zero-order valence-corrected chi connectivity index (χ0v) is 15.3. The molecule has 6 heteroatoms. The number of hydrogen-bond donors (Lipinski definition) is 0. The number of rotatable bonds is 6. The third-order valence-electron chi connectivity index (χ3n) is 5.06. The predicted molar refractivity (Wildman–Crippen MR) is 98.1 cm³/mol. The van der Waals surface area contributed by atoms with Crippen molar-refractivity contribution in [3.8, 4) is 0 Å². The van der Waals surface area contributed by atoms with Crippen molar-refractivity contribution in [2.45, 2.75) is 45.8 Å². The van der Waals surface area contributed by atoms with Gasteiger partial charge in [-0.2, -0.15) is 0 Å². The summed E-state index contributed by atoms with van der Waals surface area (Å²) >= 11 is 0. The molecule has 1 fully saturated rings. The Morgan fingerprint density at radius 2 is 1.96 bits per heavy atom. The molecule has 1 aliphatic heterocycles. The van der Waals surface area contributed by atoms with Crippen molar-refractivity contribution in [3.05, 3.63) is 42.7 Å². The first-order valence-electron chi connectivity index (χ1n) is 9.30. The Morgan fingerprint density at radius 1 is 1.16 bits per heavy atom. The van der Waals surface area contributed by atoms with Crippen LogP contribution in [0.2, 0.25) is 0 Å². The van der Waals surface area contributed by atoms with Crippen LogP contribution in [0.3, 0.4) is 0 Å². The minimum Gasteiger partial charge on any atom is -0.351 e. The lowest BCUT2D eigenvalue weighted by atomic mass is 10.2. The van der Waals surface area contributed by atoms with Gasteiger partial charge in [0.2, 0.25) is 5.91 Å². The van der Waals surface area contributed by atoms with Crippen LogP contribution < -0.4 is 0 Å². The Morgan fingerprint density at radius 3 is 2.72 bits per heavy atom. The van der Waals surface area contributed by atoms with Gasteiger partial charge in [0.1, 0.15) is 5.82 Å². The number of imidazole rings is 1. The van der Waals surface area contributed by atoms with Gasteiger partial charge in [-0.05, 0) is 32.4 Å². The second kappa shape index (κ2) is 8.34. The van der Waals surface area contributed by atoms with Crippen molar-refractivity contribution < 1.29 is 4.79 Å². The van der Waals surface area contributed by atoms with E-state index in [4.69, 9.17) is 0 Å². The highest BCUT2D eigenvalue weighted by Crippen LogP contribution is 2.15. The Hall–Kier alpha value is -2.08. The zero-order valence-electron chi connectivity index (χ0n) is 15.3. The fourth-order valence-electron chi connectivity index (χ4n) is 3.49. The minimum absolute atomic E-state index is 0.207. The molecule has 2 aromatic heterocycles. The van der Waals surface area contributed by atoms with Gasteiger partial charge in [0, 0.05) is 70.0 Å². The van der Waals surface area contributed by atoms with E-state index in [1.807, 2.05) is 41.8 Å². The topological polar surface area (TPSA) is 46.3 Å². The molecule has 0 aromatic carbocycles. The minimum atomic E-state index is 0.207. The van der Waals surface area contributed by atoms with E-state index in [0.29, 0.717) is 6.42 Å². The Labute approximate surface area is 150 Å². The zero-order chi connectivity index (χ0) is 17.6. The molecule has 136 valence electrons. The summed E-state index contributed by atoms with van der Waals surface area (Å²) < 4.78 is 4.29. The van der Waals surface area contributed by atoms with Crippen LogP contribution in [0.25, 0.3) is 0 Å². The third-order valence-corrected chi connectivity index (χ3v) is 5.06. The summed E-state index contributed by atoms with van der Waals surface area (Å²) in [7, 11) is 0. The van der Waals surface area contributed by atoms with Crippen LogP contribution in [0.1, 0.15) is 38.6 Å². The molecule has 0 spiro atoms. The summed E-state index contributed by atoms with van der Waals surface area (Å²) in [5, 5.41) is 0. The summed E-state index contributed by atoms with van der Waals surface area (Å²) in [5.74, 6) is 1.38. The Kier molecular flexibility index (Phi) is 5.91. The third kappa shape index (κ3) is 4.51. The van der Waals surface area contributed by atoms with Crippen molar-refractivity contribution >= 4 is 5.91 Å². The van der Waals surface area contributed by atoms with E-state index in [-0.39, 0.29) is 11.9 Å². The first-order valence-corrected chi connectivity index (χ1v) is 9.30. The number of carbonyl (C=O) groups excluding carboxylic acids is 1. The van der Waals surface area contributed by atoms with E-state index in [1.54, 1.807) is 0 Å². The van der Waals surface area contributed by atoms with Gasteiger partial charge >= 0.3 is 0 Å². The maximum atomic E-state index is 12.7. The van der Waals surface area contributed by atoms with Crippen LogP contribution in [0.5, 0.6) is 0 Å². The molecule has 1 saturated heterocycles. The molecule has 0 unspecified atom stereocenters. The predicted octanol–water partition coefficient (Wildman–Crippen LogP) is 2.39. The lowest BCUT2D eigenvalue weighted by Crippen LogP contribution is -2.36. The van der Waals surface area contributed by atoms with Gasteiger partial charge in [-0.15, -0.1) is 0 Å². The van der Waals surface area contributed by atoms with Crippen molar-refractivity contribution in [1.29, 1.82) is 0 Å². The van der Waals surface area contributed by atoms with Crippen molar-refractivity contribution in [2.75, 3.05) is 26.2 Å². The highest BCUT2D eigenvalue weighted by molar-refractivity contribution is 5.76. The summed E-state index contributed by atoms with van der Waals surface area (Å²) in [6.07, 6.45) is 9.54. The van der Waals surface area contributed by atoms with E-state index in [9.17, 15) is 4.79 Å². The van der Waals surface area contributed by atoms with E-state index in [0.717, 1.165) is 51.5 Å². The highest BCUT2D eigenvalue weighted by atomic mass is 16.2. The van der Waals surface area contributed by atoms with Crippen molar-refractivity contribution in [2.24, 2.45) is 0 Å². The van der Waals surface area contributed by atoms with Gasteiger partial charge in [-0.1, -0.05) is 0 Å². The van der Waals surface area contributed by atoms with E-state index < -0.39 is 0 Å². The molecule has 3 rings (SSSR count). The monoisotopic (exact) mass is 343 g/mol. The van der Waals surface area contributed by atoms with Crippen LogP contribution >= 0.6 is 0 Å². The smallest absolute Gasteiger partial charge is 0.224 e. The molecule has 2 aromatic rings. The average Bonchev–Trinajstić information content (AvgIpc) is 3.23. The molecule has 0 bridgehead atoms. The summed E-state index contributed by atoms with van der Waals surface area (Å²) in [6, 6.07) is 4.22. The lowest BCUT2D eigenvalue weighted by Gasteiger charge is -2.24. The molecule has 0 N–H and O–H groups in total. The van der Waals surface area contributed by atoms with Crippen LogP contribution in [0, 0.1) is 0 Å². The number of carbonyl (C=O) groups is 1. The first-order chi connectivity index (χ1) is 12.2. The molecule has 3 heterocycles. The standard InChI is InChI=1S/C19H29N5O/c1-3-22-12-7-20-18(22)16-21-8-6-11-24(14-13-21)19(25)15-17(2)23-9-4-5-10-23/h4-5,7,9-10,12,17H,3,6,8,11,13-16H2,1-2H3/t17-/m0/s1. The van der Waals surface area contributed by atoms with Gasteiger partial charge in [-0.3, -0.25) is 9.69 Å². The summed E-state index contributed by atoms with van der Waals surface area (Å²) in [4.78, 5) is 21.6. The number of aromatic nitrogens is 3. The van der Waals surface area contributed by atoms with Crippen molar-refractivity contribution in [3.63, 3.8) is 0 Å². The number of nitrogens with zero attached hydrogens (tertiary/aromatic N) is 5. The maximum absolute atomic E-state index is 12.7. The SMILES string of the molecule is CCn1ccnc1CN1CCCN(C(=O)C[C@H](C)n2cccc2)CC1. The second-order valence-electron chi connectivity index (χ2n) is 6.82. The van der Waals surface area contributed by atoms with Crippen molar-refractivity contribution in [1.82, 2.24) is 23.9 Å². The second-order valence-corrected chi connectivity index (χ2v) is 6.82. The Bertz CT molecular complexity index is 663. The van der Waals surface area contributed by atoms with Gasteiger partial charge < -0.3 is 14.0 Å². The molecular formula is C19H29N5O. The van der Waals surface area contributed by atoms with E-state index >= 15 is 0 Å². The number of amides is 1. The van der Waals surface area contributed by atoms with Gasteiger partial charge in [0.15, 0.2) is 0 Å². The molecule has 1 amide bonds. The first kappa shape index (κ1) is 17.7. The van der Waals surface area contributed by atoms with Gasteiger partial charge in [0.05, 0.1) is 6.54 Å². The van der Waals surface area contributed by atoms with Crippen LogP contribution in [-0.4, -0.2) is 56.0 Å². The molecule has 0 saturated carbocycles. The molecule has 0 radical (unpaired) electrons.